The zero-order valence-electron chi connectivity index (χ0n) is 14.1. The van der Waals surface area contributed by atoms with E-state index in [-0.39, 0.29) is 23.8 Å². The lowest BCUT2D eigenvalue weighted by Crippen LogP contribution is -2.55. The predicted molar refractivity (Wildman–Crippen MR) is 84.8 cm³/mol. The molecule has 7 nitrogen and oxygen atoms in total. The lowest BCUT2D eigenvalue weighted by atomic mass is 10.0. The summed E-state index contributed by atoms with van der Waals surface area (Å²) in [5.41, 5.74) is 0. The summed E-state index contributed by atoms with van der Waals surface area (Å²) in [5.74, 6) is -1.10. The number of carbonyl (C=O) groups is 3. The van der Waals surface area contributed by atoms with E-state index >= 15 is 0 Å². The zero-order valence-corrected chi connectivity index (χ0v) is 14.1. The molecule has 0 spiro atoms. The number of carbonyl (C=O) groups excluding carboxylic acids is 2. The second-order valence-corrected chi connectivity index (χ2v) is 6.73. The Hall–Kier alpha value is -1.63. The van der Waals surface area contributed by atoms with Gasteiger partial charge in [0.1, 0.15) is 12.1 Å². The molecule has 2 heterocycles. The molecule has 7 heteroatoms. The largest absolute Gasteiger partial charge is 0.480 e. The van der Waals surface area contributed by atoms with E-state index in [2.05, 4.69) is 5.32 Å². The van der Waals surface area contributed by atoms with Gasteiger partial charge in [0, 0.05) is 13.1 Å². The van der Waals surface area contributed by atoms with E-state index in [1.807, 2.05) is 13.8 Å². The third-order valence-corrected chi connectivity index (χ3v) is 4.89. The Kier molecular flexibility index (Phi) is 5.62. The van der Waals surface area contributed by atoms with Crippen LogP contribution >= 0.6 is 0 Å². The minimum absolute atomic E-state index is 0.0654. The lowest BCUT2D eigenvalue weighted by molar-refractivity contribution is -0.152. The van der Waals surface area contributed by atoms with Gasteiger partial charge in [0.2, 0.25) is 11.8 Å². The molecule has 2 saturated heterocycles. The molecule has 0 aliphatic carbocycles. The number of likely N-dealkylation sites (tertiary alicyclic amines) is 2. The van der Waals surface area contributed by atoms with Gasteiger partial charge in [0.25, 0.3) is 0 Å². The van der Waals surface area contributed by atoms with Crippen LogP contribution in [0.4, 0.5) is 0 Å². The Bertz CT molecular complexity index is 480. The zero-order chi connectivity index (χ0) is 17.1. The first-order chi connectivity index (χ1) is 10.9. The van der Waals surface area contributed by atoms with Gasteiger partial charge in [-0.25, -0.2) is 4.79 Å². The number of likely N-dealkylation sites (N-methyl/N-ethyl adjacent to an activating group) is 1. The molecule has 23 heavy (non-hydrogen) atoms. The summed E-state index contributed by atoms with van der Waals surface area (Å²) in [6.45, 7) is 4.96. The first-order valence-electron chi connectivity index (χ1n) is 8.39. The Labute approximate surface area is 137 Å². The molecule has 0 saturated carbocycles. The lowest BCUT2D eigenvalue weighted by Gasteiger charge is -2.33. The van der Waals surface area contributed by atoms with Crippen molar-refractivity contribution < 1.29 is 19.5 Å². The molecule has 0 aromatic heterocycles. The SMILES string of the molecule is CN[C@H](C(=O)N1CCCC1C(=O)N1CCCC1C(=O)O)C(C)C. The van der Waals surface area contributed by atoms with Crippen molar-refractivity contribution in [2.24, 2.45) is 5.92 Å². The highest BCUT2D eigenvalue weighted by atomic mass is 16.4. The number of nitrogens with one attached hydrogen (secondary N) is 1. The van der Waals surface area contributed by atoms with E-state index < -0.39 is 18.1 Å². The molecule has 2 N–H and O–H groups in total. The minimum Gasteiger partial charge on any atom is -0.480 e. The molecule has 2 aliphatic rings. The maximum atomic E-state index is 12.8. The second kappa shape index (κ2) is 7.29. The maximum Gasteiger partial charge on any atom is 0.326 e. The summed E-state index contributed by atoms with van der Waals surface area (Å²) in [7, 11) is 1.75. The number of carboxylic acids is 1. The summed E-state index contributed by atoms with van der Waals surface area (Å²) in [5, 5.41) is 12.3. The van der Waals surface area contributed by atoms with Crippen LogP contribution < -0.4 is 5.32 Å². The monoisotopic (exact) mass is 325 g/mol. The summed E-state index contributed by atoms with van der Waals surface area (Å²) >= 11 is 0. The molecule has 2 unspecified atom stereocenters. The minimum atomic E-state index is -0.956. The fourth-order valence-electron chi connectivity index (χ4n) is 3.69. The topological polar surface area (TPSA) is 90.0 Å². The van der Waals surface area contributed by atoms with Crippen LogP contribution in [0.25, 0.3) is 0 Å². The molecule has 3 atom stereocenters. The van der Waals surface area contributed by atoms with Crippen LogP contribution in [0.15, 0.2) is 0 Å². The van der Waals surface area contributed by atoms with Gasteiger partial charge in [0.15, 0.2) is 0 Å². The molecule has 2 aliphatic heterocycles. The summed E-state index contributed by atoms with van der Waals surface area (Å²) in [6.07, 6.45) is 2.59. The Morgan fingerprint density at radius 1 is 1.04 bits per heavy atom. The third kappa shape index (κ3) is 3.49. The number of amides is 2. The normalized spacial score (nSPS) is 25.9. The van der Waals surface area contributed by atoms with Crippen molar-refractivity contribution in [3.05, 3.63) is 0 Å². The Balaban J connectivity index is 2.13. The first kappa shape index (κ1) is 17.7. The molecule has 0 aromatic carbocycles. The highest BCUT2D eigenvalue weighted by Gasteiger charge is 2.43. The van der Waals surface area contributed by atoms with Crippen molar-refractivity contribution in [1.82, 2.24) is 15.1 Å². The number of nitrogens with zero attached hydrogens (tertiary/aromatic N) is 2. The Morgan fingerprint density at radius 2 is 1.61 bits per heavy atom. The van der Waals surface area contributed by atoms with Crippen LogP contribution in [0.3, 0.4) is 0 Å². The molecule has 2 rings (SSSR count). The van der Waals surface area contributed by atoms with Crippen molar-refractivity contribution in [3.63, 3.8) is 0 Å². The average molecular weight is 325 g/mol. The van der Waals surface area contributed by atoms with E-state index in [4.69, 9.17) is 0 Å². The smallest absolute Gasteiger partial charge is 0.326 e. The highest BCUT2D eigenvalue weighted by molar-refractivity contribution is 5.92. The number of carboxylic acid groups (broad SMARTS) is 1. The van der Waals surface area contributed by atoms with Gasteiger partial charge in [-0.1, -0.05) is 13.8 Å². The fraction of sp³-hybridized carbons (Fsp3) is 0.812. The number of hydrogen-bond donors (Lipinski definition) is 2. The molecule has 130 valence electrons. The van der Waals surface area contributed by atoms with Gasteiger partial charge in [-0.2, -0.15) is 0 Å². The second-order valence-electron chi connectivity index (χ2n) is 6.73. The van der Waals surface area contributed by atoms with Crippen LogP contribution in [-0.4, -0.2) is 71.0 Å². The van der Waals surface area contributed by atoms with Gasteiger partial charge in [-0.15, -0.1) is 0 Å². The molecule has 0 aromatic rings. The number of hydrogen-bond acceptors (Lipinski definition) is 4. The van der Waals surface area contributed by atoms with Crippen molar-refractivity contribution in [2.45, 2.75) is 57.7 Å². The van der Waals surface area contributed by atoms with E-state index in [9.17, 15) is 19.5 Å². The number of rotatable bonds is 5. The number of aliphatic carboxylic acids is 1. The van der Waals surface area contributed by atoms with Crippen LogP contribution in [0, 0.1) is 5.92 Å². The Morgan fingerprint density at radius 3 is 2.13 bits per heavy atom. The van der Waals surface area contributed by atoms with Gasteiger partial charge < -0.3 is 20.2 Å². The molecule has 2 fully saturated rings. The summed E-state index contributed by atoms with van der Waals surface area (Å²) in [4.78, 5) is 39.9. The van der Waals surface area contributed by atoms with Crippen LogP contribution in [0.2, 0.25) is 0 Å². The van der Waals surface area contributed by atoms with Gasteiger partial charge in [-0.3, -0.25) is 9.59 Å². The maximum absolute atomic E-state index is 12.8. The van der Waals surface area contributed by atoms with Gasteiger partial charge in [0.05, 0.1) is 6.04 Å². The molecule has 0 bridgehead atoms. The molecule has 0 radical (unpaired) electrons. The summed E-state index contributed by atoms with van der Waals surface area (Å²) < 4.78 is 0. The average Bonchev–Trinajstić information content (AvgIpc) is 3.15. The van der Waals surface area contributed by atoms with E-state index in [1.54, 1.807) is 11.9 Å². The molecular formula is C16H27N3O4. The predicted octanol–water partition coefficient (Wildman–Crippen LogP) is 0.297. The van der Waals surface area contributed by atoms with Crippen molar-refractivity contribution in [2.75, 3.05) is 20.1 Å². The van der Waals surface area contributed by atoms with Crippen LogP contribution in [0.5, 0.6) is 0 Å². The van der Waals surface area contributed by atoms with E-state index in [0.29, 0.717) is 32.4 Å². The van der Waals surface area contributed by atoms with Crippen LogP contribution in [0.1, 0.15) is 39.5 Å². The van der Waals surface area contributed by atoms with E-state index in [1.165, 1.54) is 4.90 Å². The standard InChI is InChI=1S/C16H27N3O4/c1-10(2)13(17-3)15(21)18-8-4-6-11(18)14(20)19-9-5-7-12(19)16(22)23/h10-13,17H,4-9H2,1-3H3,(H,22,23)/t11?,12?,13-/m0/s1. The first-order valence-corrected chi connectivity index (χ1v) is 8.39. The molecule has 2 amide bonds. The van der Waals surface area contributed by atoms with Crippen LogP contribution in [-0.2, 0) is 14.4 Å². The van der Waals surface area contributed by atoms with Crippen molar-refractivity contribution >= 4 is 17.8 Å². The van der Waals surface area contributed by atoms with Gasteiger partial charge in [-0.05, 0) is 38.6 Å². The third-order valence-electron chi connectivity index (χ3n) is 4.89. The van der Waals surface area contributed by atoms with E-state index in [0.717, 1.165) is 6.42 Å². The van der Waals surface area contributed by atoms with Crippen molar-refractivity contribution in [1.29, 1.82) is 0 Å². The van der Waals surface area contributed by atoms with Gasteiger partial charge >= 0.3 is 5.97 Å². The summed E-state index contributed by atoms with van der Waals surface area (Å²) in [6, 6.07) is -1.58. The quantitative estimate of drug-likeness (QED) is 0.759. The fourth-order valence-corrected chi connectivity index (χ4v) is 3.69. The van der Waals surface area contributed by atoms with Crippen molar-refractivity contribution in [3.8, 4) is 0 Å². The molecular weight excluding hydrogens is 298 g/mol. The highest BCUT2D eigenvalue weighted by Crippen LogP contribution is 2.26.